The number of halogens is 2. The minimum Gasteiger partial charge on any atom is -0.393 e. The van der Waals surface area contributed by atoms with E-state index in [9.17, 15) is 8.42 Å². The number of sulfonamides is 1. The van der Waals surface area contributed by atoms with Crippen LogP contribution in [0.2, 0.25) is 10.0 Å². The van der Waals surface area contributed by atoms with Crippen molar-refractivity contribution in [2.45, 2.75) is 11.3 Å². The van der Waals surface area contributed by atoms with E-state index in [1.807, 2.05) is 0 Å². The molecule has 8 heteroatoms. The van der Waals surface area contributed by atoms with Gasteiger partial charge in [-0.25, -0.2) is 12.7 Å². The fourth-order valence-electron chi connectivity index (χ4n) is 1.23. The predicted molar refractivity (Wildman–Crippen MR) is 77.7 cm³/mol. The maximum atomic E-state index is 12.2. The molecule has 0 aromatic heterocycles. The van der Waals surface area contributed by atoms with Crippen molar-refractivity contribution in [2.75, 3.05) is 13.6 Å². The van der Waals surface area contributed by atoms with Gasteiger partial charge < -0.3 is 5.73 Å². The summed E-state index contributed by atoms with van der Waals surface area (Å²) in [6, 6.07) is 4.28. The number of nitrogens with zero attached hydrogens (tertiary/aromatic N) is 1. The van der Waals surface area contributed by atoms with Gasteiger partial charge in [0.25, 0.3) is 0 Å². The molecular weight excluding hydrogens is 315 g/mol. The summed E-state index contributed by atoms with van der Waals surface area (Å²) in [5.74, 6) is 0. The van der Waals surface area contributed by atoms with Crippen LogP contribution >= 0.6 is 35.4 Å². The Morgan fingerprint density at radius 2 is 2.06 bits per heavy atom. The molecule has 0 heterocycles. The number of rotatable bonds is 5. The Bertz CT molecular complexity index is 561. The topological polar surface area (TPSA) is 63.4 Å². The van der Waals surface area contributed by atoms with Gasteiger partial charge in [0.15, 0.2) is 0 Å². The highest BCUT2D eigenvalue weighted by Gasteiger charge is 2.23. The molecule has 2 N–H and O–H groups in total. The first-order chi connectivity index (χ1) is 8.25. The van der Waals surface area contributed by atoms with E-state index in [2.05, 4.69) is 0 Å². The lowest BCUT2D eigenvalue weighted by atomic mass is 10.4. The molecule has 1 rings (SSSR count). The Morgan fingerprint density at radius 3 is 2.61 bits per heavy atom. The van der Waals surface area contributed by atoms with Gasteiger partial charge in [-0.05, 0) is 18.2 Å². The van der Waals surface area contributed by atoms with Crippen LogP contribution < -0.4 is 5.73 Å². The summed E-state index contributed by atoms with van der Waals surface area (Å²) in [7, 11) is -2.25. The van der Waals surface area contributed by atoms with E-state index in [0.29, 0.717) is 11.4 Å². The first-order valence-electron chi connectivity index (χ1n) is 4.95. The van der Waals surface area contributed by atoms with Crippen molar-refractivity contribution in [1.82, 2.24) is 4.31 Å². The molecule has 0 aliphatic rings. The van der Waals surface area contributed by atoms with Crippen molar-refractivity contribution in [3.8, 4) is 0 Å². The van der Waals surface area contributed by atoms with E-state index in [1.54, 1.807) is 0 Å². The lowest BCUT2D eigenvalue weighted by Crippen LogP contribution is -2.30. The van der Waals surface area contributed by atoms with Crippen LogP contribution in [0.15, 0.2) is 23.1 Å². The first-order valence-corrected chi connectivity index (χ1v) is 7.55. The summed E-state index contributed by atoms with van der Waals surface area (Å²) >= 11 is 16.4. The Kier molecular flexibility index (Phi) is 5.36. The zero-order valence-electron chi connectivity index (χ0n) is 9.56. The smallest absolute Gasteiger partial charge is 0.244 e. The summed E-state index contributed by atoms with van der Waals surface area (Å²) in [5, 5.41) is 0.433. The molecule has 1 aromatic carbocycles. The molecule has 0 radical (unpaired) electrons. The SMILES string of the molecule is CN(CCC(N)=S)S(=O)(=O)c1cc(Cl)ccc1Cl. The van der Waals surface area contributed by atoms with E-state index < -0.39 is 10.0 Å². The average molecular weight is 327 g/mol. The molecule has 0 saturated carbocycles. The third kappa shape index (κ3) is 3.80. The molecule has 0 bridgehead atoms. The Morgan fingerprint density at radius 1 is 1.44 bits per heavy atom. The first kappa shape index (κ1) is 15.7. The molecule has 0 atom stereocenters. The molecule has 0 aliphatic carbocycles. The minimum atomic E-state index is -3.69. The monoisotopic (exact) mass is 326 g/mol. The summed E-state index contributed by atoms with van der Waals surface area (Å²) in [6.07, 6.45) is 0.309. The van der Waals surface area contributed by atoms with Crippen molar-refractivity contribution in [2.24, 2.45) is 5.73 Å². The van der Waals surface area contributed by atoms with Crippen LogP contribution in [-0.2, 0) is 10.0 Å². The summed E-state index contributed by atoms with van der Waals surface area (Å²) in [5.41, 5.74) is 5.34. The van der Waals surface area contributed by atoms with Crippen LogP contribution in [0.4, 0.5) is 0 Å². The maximum absolute atomic E-state index is 12.2. The molecule has 0 amide bonds. The molecule has 1 aromatic rings. The van der Waals surface area contributed by atoms with Crippen LogP contribution in [0.5, 0.6) is 0 Å². The number of hydrogen-bond donors (Lipinski definition) is 1. The van der Waals surface area contributed by atoms with Crippen LogP contribution in [0.3, 0.4) is 0 Å². The Hall–Kier alpha value is -0.400. The van der Waals surface area contributed by atoms with Crippen molar-refractivity contribution < 1.29 is 8.42 Å². The van der Waals surface area contributed by atoms with Gasteiger partial charge in [-0.15, -0.1) is 0 Å². The van der Waals surface area contributed by atoms with Gasteiger partial charge in [0.05, 0.1) is 10.0 Å². The second-order valence-electron chi connectivity index (χ2n) is 3.62. The fourth-order valence-corrected chi connectivity index (χ4v) is 3.23. The zero-order valence-corrected chi connectivity index (χ0v) is 12.7. The van der Waals surface area contributed by atoms with Crippen LogP contribution in [-0.4, -0.2) is 31.3 Å². The van der Waals surface area contributed by atoms with Gasteiger partial charge in [0, 0.05) is 25.0 Å². The van der Waals surface area contributed by atoms with Crippen LogP contribution in [0.1, 0.15) is 6.42 Å². The zero-order chi connectivity index (χ0) is 13.9. The third-order valence-electron chi connectivity index (χ3n) is 2.25. The van der Waals surface area contributed by atoms with Crippen molar-refractivity contribution in [1.29, 1.82) is 0 Å². The lowest BCUT2D eigenvalue weighted by molar-refractivity contribution is 0.479. The molecule has 18 heavy (non-hydrogen) atoms. The summed E-state index contributed by atoms with van der Waals surface area (Å²) < 4.78 is 25.6. The second kappa shape index (κ2) is 6.16. The second-order valence-corrected chi connectivity index (χ2v) is 7.00. The molecule has 0 fully saturated rings. The standard InChI is InChI=1S/C10H12Cl2N2O2S2/c1-14(5-4-10(13)17)18(15,16)9-6-7(11)2-3-8(9)12/h2-3,6H,4-5H2,1H3,(H2,13,17). The van der Waals surface area contributed by atoms with Crippen molar-refractivity contribution in [3.05, 3.63) is 28.2 Å². The molecule has 0 saturated heterocycles. The normalized spacial score (nSPS) is 11.8. The highest BCUT2D eigenvalue weighted by Crippen LogP contribution is 2.27. The highest BCUT2D eigenvalue weighted by atomic mass is 35.5. The van der Waals surface area contributed by atoms with Gasteiger partial charge >= 0.3 is 0 Å². The predicted octanol–water partition coefficient (Wildman–Crippen LogP) is 2.29. The van der Waals surface area contributed by atoms with E-state index in [0.717, 1.165) is 4.31 Å². The van der Waals surface area contributed by atoms with Gasteiger partial charge in [-0.3, -0.25) is 0 Å². The number of benzene rings is 1. The van der Waals surface area contributed by atoms with E-state index >= 15 is 0 Å². The fraction of sp³-hybridized carbons (Fsp3) is 0.300. The quantitative estimate of drug-likeness (QED) is 0.843. The van der Waals surface area contributed by atoms with Crippen LogP contribution in [0, 0.1) is 0 Å². The average Bonchev–Trinajstić information content (AvgIpc) is 2.28. The highest BCUT2D eigenvalue weighted by molar-refractivity contribution is 7.89. The minimum absolute atomic E-state index is 0.0258. The molecule has 0 aliphatic heterocycles. The van der Waals surface area contributed by atoms with Crippen molar-refractivity contribution in [3.63, 3.8) is 0 Å². The number of hydrogen-bond acceptors (Lipinski definition) is 3. The van der Waals surface area contributed by atoms with Gasteiger partial charge in [-0.1, -0.05) is 35.4 Å². The van der Waals surface area contributed by atoms with Gasteiger partial charge in [-0.2, -0.15) is 0 Å². The molecule has 0 unspecified atom stereocenters. The van der Waals surface area contributed by atoms with Gasteiger partial charge in [0.1, 0.15) is 4.90 Å². The summed E-state index contributed by atoms with van der Waals surface area (Å²) in [6.45, 7) is 0.195. The third-order valence-corrected chi connectivity index (χ3v) is 5.03. The van der Waals surface area contributed by atoms with E-state index in [-0.39, 0.29) is 21.5 Å². The largest absolute Gasteiger partial charge is 0.393 e. The number of nitrogens with two attached hydrogens (primary N) is 1. The number of thiocarbonyl (C=S) groups is 1. The van der Waals surface area contributed by atoms with E-state index in [4.69, 9.17) is 41.2 Å². The Labute approximate surface area is 122 Å². The lowest BCUT2D eigenvalue weighted by Gasteiger charge is -2.17. The van der Waals surface area contributed by atoms with E-state index in [1.165, 1.54) is 25.2 Å². The van der Waals surface area contributed by atoms with Gasteiger partial charge in [0.2, 0.25) is 10.0 Å². The maximum Gasteiger partial charge on any atom is 0.244 e. The summed E-state index contributed by atoms with van der Waals surface area (Å²) in [4.78, 5) is 0.233. The Balaban J connectivity index is 3.05. The molecule has 0 spiro atoms. The molecule has 4 nitrogen and oxygen atoms in total. The molecular formula is C10H12Cl2N2O2S2. The van der Waals surface area contributed by atoms with Crippen molar-refractivity contribution >= 4 is 50.4 Å². The van der Waals surface area contributed by atoms with Crippen LogP contribution in [0.25, 0.3) is 0 Å². The molecule has 100 valence electrons.